The van der Waals surface area contributed by atoms with Crippen LogP contribution in [0.15, 0.2) is 46.2 Å². The van der Waals surface area contributed by atoms with Crippen LogP contribution >= 0.6 is 0 Å². The lowest BCUT2D eigenvalue weighted by atomic mass is 10.2. The van der Waals surface area contributed by atoms with Gasteiger partial charge in [0.15, 0.2) is 9.84 Å². The van der Waals surface area contributed by atoms with Crippen molar-refractivity contribution in [2.24, 2.45) is 0 Å². The number of nitrogens with one attached hydrogen (secondary N) is 1. The number of aromatic nitrogens is 1. The minimum Gasteiger partial charge on any atom is -0.321 e. The van der Waals surface area contributed by atoms with Crippen LogP contribution in [0.4, 0.5) is 11.4 Å². The Balaban J connectivity index is 2.36. The molecular formula is C16H17N3O6S. The molecular weight excluding hydrogens is 362 g/mol. The summed E-state index contributed by atoms with van der Waals surface area (Å²) in [5.41, 5.74) is -0.607. The molecule has 0 spiro atoms. The van der Waals surface area contributed by atoms with Crippen molar-refractivity contribution in [2.75, 3.05) is 11.6 Å². The lowest BCUT2D eigenvalue weighted by molar-refractivity contribution is -0.387. The third kappa shape index (κ3) is 4.33. The smallest absolute Gasteiger partial charge is 0.288 e. The number of rotatable bonds is 6. The molecule has 0 aliphatic heterocycles. The molecule has 0 radical (unpaired) electrons. The Kier molecular flexibility index (Phi) is 5.56. The molecule has 2 rings (SSSR count). The van der Waals surface area contributed by atoms with E-state index < -0.39 is 31.3 Å². The number of benzene rings is 1. The first-order valence-corrected chi connectivity index (χ1v) is 9.53. The van der Waals surface area contributed by atoms with Crippen molar-refractivity contribution in [1.29, 1.82) is 0 Å². The summed E-state index contributed by atoms with van der Waals surface area (Å²) in [6, 6.07) is 5.86. The van der Waals surface area contributed by atoms with Crippen LogP contribution in [0.5, 0.6) is 0 Å². The van der Waals surface area contributed by atoms with Crippen LogP contribution in [0.2, 0.25) is 0 Å². The number of hydrogen-bond donors (Lipinski definition) is 1. The van der Waals surface area contributed by atoms with Gasteiger partial charge >= 0.3 is 0 Å². The number of amides is 1. The SMILES string of the molecule is CCCn1cc(NC(=O)c2ccc(S(C)(=O)=O)c([N+](=O)[O-])c2)ccc1=O. The van der Waals surface area contributed by atoms with Crippen LogP contribution in [0.25, 0.3) is 0 Å². The topological polar surface area (TPSA) is 128 Å². The first kappa shape index (κ1) is 19.3. The maximum Gasteiger partial charge on any atom is 0.288 e. The number of carbonyl (C=O) groups is 1. The van der Waals surface area contributed by atoms with E-state index in [0.717, 1.165) is 24.8 Å². The van der Waals surface area contributed by atoms with Gasteiger partial charge in [-0.15, -0.1) is 0 Å². The number of hydrogen-bond acceptors (Lipinski definition) is 6. The Morgan fingerprint density at radius 1 is 1.27 bits per heavy atom. The largest absolute Gasteiger partial charge is 0.321 e. The number of nitro benzene ring substituents is 1. The number of nitro groups is 1. The highest BCUT2D eigenvalue weighted by Gasteiger charge is 2.24. The van der Waals surface area contributed by atoms with E-state index in [-0.39, 0.29) is 11.1 Å². The van der Waals surface area contributed by atoms with Gasteiger partial charge in [-0.05, 0) is 24.6 Å². The maximum atomic E-state index is 12.3. The fourth-order valence-electron chi connectivity index (χ4n) is 2.34. The van der Waals surface area contributed by atoms with Crippen LogP contribution < -0.4 is 10.9 Å². The predicted octanol–water partition coefficient (Wildman–Crippen LogP) is 1.82. The number of aryl methyl sites for hydroxylation is 1. The molecule has 0 saturated heterocycles. The van der Waals surface area contributed by atoms with Gasteiger partial charge in [0.05, 0.1) is 10.6 Å². The van der Waals surface area contributed by atoms with Crippen molar-refractivity contribution in [2.45, 2.75) is 24.8 Å². The molecule has 1 amide bonds. The molecule has 0 atom stereocenters. The van der Waals surface area contributed by atoms with E-state index in [1.165, 1.54) is 29.0 Å². The summed E-state index contributed by atoms with van der Waals surface area (Å²) in [4.78, 5) is 33.8. The first-order valence-electron chi connectivity index (χ1n) is 7.64. The Labute approximate surface area is 149 Å². The Hall–Kier alpha value is -3.01. The first-order chi connectivity index (χ1) is 12.1. The van der Waals surface area contributed by atoms with Crippen molar-refractivity contribution in [1.82, 2.24) is 4.57 Å². The second-order valence-electron chi connectivity index (χ2n) is 5.62. The highest BCUT2D eigenvalue weighted by Crippen LogP contribution is 2.25. The van der Waals surface area contributed by atoms with Gasteiger partial charge in [-0.1, -0.05) is 6.92 Å². The van der Waals surface area contributed by atoms with Gasteiger partial charge in [-0.25, -0.2) is 8.42 Å². The second kappa shape index (κ2) is 7.48. The van der Waals surface area contributed by atoms with E-state index in [2.05, 4.69) is 5.32 Å². The standard InChI is InChI=1S/C16H17N3O6S/c1-3-8-18-10-12(5-7-15(18)20)17-16(21)11-4-6-14(26(2,24)25)13(9-11)19(22)23/h4-7,9-10H,3,8H2,1-2H3,(H,17,21). The zero-order chi connectivity index (χ0) is 19.5. The molecule has 0 bridgehead atoms. The molecule has 0 fully saturated rings. The molecule has 10 heteroatoms. The molecule has 26 heavy (non-hydrogen) atoms. The third-order valence-corrected chi connectivity index (χ3v) is 4.67. The maximum absolute atomic E-state index is 12.3. The molecule has 138 valence electrons. The summed E-state index contributed by atoms with van der Waals surface area (Å²) >= 11 is 0. The van der Waals surface area contributed by atoms with Crippen LogP contribution in [0.1, 0.15) is 23.7 Å². The van der Waals surface area contributed by atoms with Gasteiger partial charge in [-0.2, -0.15) is 0 Å². The van der Waals surface area contributed by atoms with Crippen LogP contribution in [0.3, 0.4) is 0 Å². The Bertz CT molecular complexity index is 1030. The number of anilines is 1. The van der Waals surface area contributed by atoms with Gasteiger partial charge in [0.2, 0.25) is 0 Å². The number of sulfone groups is 1. The van der Waals surface area contributed by atoms with E-state index in [4.69, 9.17) is 0 Å². The van der Waals surface area contributed by atoms with Gasteiger partial charge in [-0.3, -0.25) is 19.7 Å². The average molecular weight is 379 g/mol. The molecule has 0 saturated carbocycles. The molecule has 1 aromatic carbocycles. The fourth-order valence-corrected chi connectivity index (χ4v) is 3.17. The van der Waals surface area contributed by atoms with E-state index in [1.807, 2.05) is 6.92 Å². The average Bonchev–Trinajstić information content (AvgIpc) is 2.56. The van der Waals surface area contributed by atoms with Crippen molar-refractivity contribution >= 4 is 27.1 Å². The summed E-state index contributed by atoms with van der Waals surface area (Å²) in [6.45, 7) is 2.39. The molecule has 0 unspecified atom stereocenters. The van der Waals surface area contributed by atoms with E-state index in [9.17, 15) is 28.1 Å². The van der Waals surface area contributed by atoms with Crippen molar-refractivity contribution in [3.63, 3.8) is 0 Å². The fraction of sp³-hybridized carbons (Fsp3) is 0.250. The minimum absolute atomic E-state index is 0.0719. The quantitative estimate of drug-likeness (QED) is 0.602. The Morgan fingerprint density at radius 3 is 2.54 bits per heavy atom. The molecule has 0 aliphatic rings. The number of pyridine rings is 1. The molecule has 2 aromatic rings. The van der Waals surface area contributed by atoms with Gasteiger partial charge in [0.1, 0.15) is 4.90 Å². The summed E-state index contributed by atoms with van der Waals surface area (Å²) in [6.07, 6.45) is 3.06. The lowest BCUT2D eigenvalue weighted by Gasteiger charge is -2.09. The zero-order valence-corrected chi connectivity index (χ0v) is 14.9. The molecule has 9 nitrogen and oxygen atoms in total. The van der Waals surface area contributed by atoms with E-state index in [1.54, 1.807) is 0 Å². The van der Waals surface area contributed by atoms with Crippen molar-refractivity contribution in [3.8, 4) is 0 Å². The Morgan fingerprint density at radius 2 is 1.96 bits per heavy atom. The van der Waals surface area contributed by atoms with E-state index >= 15 is 0 Å². The highest BCUT2D eigenvalue weighted by molar-refractivity contribution is 7.90. The molecule has 1 heterocycles. The van der Waals surface area contributed by atoms with Crippen LogP contribution in [-0.4, -0.2) is 30.1 Å². The molecule has 0 aliphatic carbocycles. The van der Waals surface area contributed by atoms with Crippen LogP contribution in [0, 0.1) is 10.1 Å². The monoisotopic (exact) mass is 379 g/mol. The van der Waals surface area contributed by atoms with Crippen molar-refractivity contribution < 1.29 is 18.1 Å². The van der Waals surface area contributed by atoms with Gasteiger partial charge in [0.25, 0.3) is 17.2 Å². The number of nitrogens with zero attached hydrogens (tertiary/aromatic N) is 2. The number of carbonyl (C=O) groups excluding carboxylic acids is 1. The summed E-state index contributed by atoms with van der Waals surface area (Å²) < 4.78 is 24.7. The van der Waals surface area contributed by atoms with E-state index in [0.29, 0.717) is 12.2 Å². The normalized spacial score (nSPS) is 11.2. The van der Waals surface area contributed by atoms with Gasteiger partial charge in [0, 0.05) is 36.7 Å². The van der Waals surface area contributed by atoms with Gasteiger partial charge < -0.3 is 9.88 Å². The third-order valence-electron chi connectivity index (χ3n) is 3.52. The predicted molar refractivity (Wildman–Crippen MR) is 95.2 cm³/mol. The summed E-state index contributed by atoms with van der Waals surface area (Å²) in [5, 5.41) is 13.7. The summed E-state index contributed by atoms with van der Waals surface area (Å²) in [5.74, 6) is -0.658. The molecule has 1 aromatic heterocycles. The second-order valence-corrected chi connectivity index (χ2v) is 7.60. The molecule has 1 N–H and O–H groups in total. The zero-order valence-electron chi connectivity index (χ0n) is 14.1. The highest BCUT2D eigenvalue weighted by atomic mass is 32.2. The summed E-state index contributed by atoms with van der Waals surface area (Å²) in [7, 11) is -3.81. The lowest BCUT2D eigenvalue weighted by Crippen LogP contribution is -2.20. The van der Waals surface area contributed by atoms with Crippen molar-refractivity contribution in [3.05, 3.63) is 62.6 Å². The van der Waals surface area contributed by atoms with Crippen LogP contribution in [-0.2, 0) is 16.4 Å². The minimum atomic E-state index is -3.81.